The number of nitrogens with one attached hydrogen (secondary N) is 2. The minimum absolute atomic E-state index is 0.199. The number of benzene rings is 1. The van der Waals surface area contributed by atoms with Crippen LogP contribution in [0.5, 0.6) is 5.88 Å². The number of rotatable bonds is 7. The normalized spacial score (nSPS) is 10.8. The predicted molar refractivity (Wildman–Crippen MR) is 122 cm³/mol. The Hall–Kier alpha value is -3.98. The molecule has 0 amide bonds. The molecule has 4 rings (SSSR count). The van der Waals surface area contributed by atoms with Gasteiger partial charge < -0.3 is 15.4 Å². The molecule has 1 aromatic carbocycles. The summed E-state index contributed by atoms with van der Waals surface area (Å²) in [5.74, 6) is 0.408. The molecule has 0 fully saturated rings. The predicted octanol–water partition coefficient (Wildman–Crippen LogP) is 3.74. The quantitative estimate of drug-likeness (QED) is 0.428. The summed E-state index contributed by atoms with van der Waals surface area (Å²) in [6, 6.07) is 7.33. The van der Waals surface area contributed by atoms with Crippen LogP contribution in [0, 0.1) is 0 Å². The fourth-order valence-electron chi connectivity index (χ4n) is 3.15. The average Bonchev–Trinajstić information content (AvgIpc) is 3.32. The van der Waals surface area contributed by atoms with Gasteiger partial charge in [0.25, 0.3) is 5.88 Å². The highest BCUT2D eigenvalue weighted by molar-refractivity contribution is 6.29. The monoisotopic (exact) mass is 437 g/mol. The number of halogens is 1. The van der Waals surface area contributed by atoms with Crippen molar-refractivity contribution in [1.29, 1.82) is 0 Å². The van der Waals surface area contributed by atoms with Crippen LogP contribution >= 0.6 is 11.6 Å². The van der Waals surface area contributed by atoms with E-state index >= 15 is 0 Å². The second kappa shape index (κ2) is 8.04. The molecule has 0 aliphatic carbocycles. The molecule has 31 heavy (non-hydrogen) atoms. The number of anilines is 3. The molecule has 2 N–H and O–H groups in total. The lowest BCUT2D eigenvalue weighted by Gasteiger charge is -2.14. The number of imidazole rings is 1. The zero-order chi connectivity index (χ0) is 22.1. The molecule has 0 radical (unpaired) electrons. The third-order valence-corrected chi connectivity index (χ3v) is 4.82. The summed E-state index contributed by atoms with van der Waals surface area (Å²) in [7, 11) is 3.32. The fraction of sp³-hybridized carbons (Fsp3) is 0.0952. The Balaban J connectivity index is 1.87. The van der Waals surface area contributed by atoms with Gasteiger partial charge in [0, 0.05) is 24.6 Å². The van der Waals surface area contributed by atoms with Crippen LogP contribution in [-0.2, 0) is 7.05 Å². The van der Waals surface area contributed by atoms with E-state index in [1.807, 2.05) is 24.3 Å². The van der Waals surface area contributed by atoms with Crippen LogP contribution in [0.2, 0.25) is 5.15 Å². The zero-order valence-corrected chi connectivity index (χ0v) is 17.7. The largest absolute Gasteiger partial charge is 0.478 e. The summed E-state index contributed by atoms with van der Waals surface area (Å²) in [5.41, 5.74) is 3.21. The average molecular weight is 438 g/mol. The molecule has 3 heterocycles. The number of hydrogen-bond acceptors (Lipinski definition) is 6. The SMILES string of the molecule is C=CC(=C)Nc1cccc(-n2cc(Nc3cn(C)nc3OC)c3ncc(Cl)n3c2=O)c1. The van der Waals surface area contributed by atoms with Crippen molar-refractivity contribution in [3.8, 4) is 11.6 Å². The van der Waals surface area contributed by atoms with Crippen molar-refractivity contribution in [2.45, 2.75) is 0 Å². The molecule has 0 aliphatic heterocycles. The van der Waals surface area contributed by atoms with Gasteiger partial charge in [-0.1, -0.05) is 30.8 Å². The van der Waals surface area contributed by atoms with Crippen LogP contribution in [0.15, 0.2) is 72.6 Å². The van der Waals surface area contributed by atoms with Crippen LogP contribution in [0.3, 0.4) is 0 Å². The fourth-order valence-corrected chi connectivity index (χ4v) is 3.35. The van der Waals surface area contributed by atoms with E-state index < -0.39 is 0 Å². The highest BCUT2D eigenvalue weighted by Crippen LogP contribution is 2.28. The van der Waals surface area contributed by atoms with Gasteiger partial charge in [-0.25, -0.2) is 14.2 Å². The Kier molecular flexibility index (Phi) is 5.26. The first-order valence-electron chi connectivity index (χ1n) is 9.23. The number of methoxy groups -OCH3 is 1. The van der Waals surface area contributed by atoms with Gasteiger partial charge in [-0.05, 0) is 24.3 Å². The van der Waals surface area contributed by atoms with Crippen molar-refractivity contribution in [1.82, 2.24) is 23.7 Å². The lowest BCUT2D eigenvalue weighted by Crippen LogP contribution is -2.25. The second-order valence-corrected chi connectivity index (χ2v) is 7.08. The maximum absolute atomic E-state index is 13.2. The van der Waals surface area contributed by atoms with Gasteiger partial charge in [-0.3, -0.25) is 9.25 Å². The summed E-state index contributed by atoms with van der Waals surface area (Å²) in [6.45, 7) is 7.55. The van der Waals surface area contributed by atoms with Gasteiger partial charge >= 0.3 is 5.69 Å². The maximum Gasteiger partial charge on any atom is 0.339 e. The van der Waals surface area contributed by atoms with Gasteiger partial charge in [0.15, 0.2) is 5.65 Å². The lowest BCUT2D eigenvalue weighted by molar-refractivity contribution is 0.393. The molecule has 0 saturated carbocycles. The van der Waals surface area contributed by atoms with Crippen LogP contribution < -0.4 is 21.1 Å². The van der Waals surface area contributed by atoms with Crippen LogP contribution in [0.4, 0.5) is 17.1 Å². The highest BCUT2D eigenvalue weighted by Gasteiger charge is 2.17. The lowest BCUT2D eigenvalue weighted by atomic mass is 10.2. The molecule has 10 heteroatoms. The van der Waals surface area contributed by atoms with Crippen molar-refractivity contribution in [3.63, 3.8) is 0 Å². The zero-order valence-electron chi connectivity index (χ0n) is 17.0. The Labute approximate surface area is 182 Å². The minimum atomic E-state index is -0.360. The van der Waals surface area contributed by atoms with E-state index in [1.165, 1.54) is 22.3 Å². The van der Waals surface area contributed by atoms with Crippen LogP contribution in [0.1, 0.15) is 0 Å². The molecule has 0 saturated heterocycles. The summed E-state index contributed by atoms with van der Waals surface area (Å²) in [5, 5.41) is 10.8. The molecular weight excluding hydrogens is 418 g/mol. The standard InChI is InChI=1S/C21H20ClN7O2/c1-5-13(2)24-14-7-6-8-15(9-14)28-12-16(19-23-10-18(22)29(19)21(28)30)25-17-11-27(3)26-20(17)31-4/h5-12,24-25H,1-2H2,3-4H3. The molecular formula is C21H20ClN7O2. The van der Waals surface area contributed by atoms with E-state index in [9.17, 15) is 4.79 Å². The number of nitrogens with zero attached hydrogens (tertiary/aromatic N) is 5. The van der Waals surface area contributed by atoms with Crippen LogP contribution in [0.25, 0.3) is 11.3 Å². The topological polar surface area (TPSA) is 90.4 Å². The Morgan fingerprint density at radius 3 is 2.84 bits per heavy atom. The summed E-state index contributed by atoms with van der Waals surface area (Å²) >= 11 is 6.28. The number of fused-ring (bicyclic) bond motifs is 1. The number of aryl methyl sites for hydroxylation is 1. The summed E-state index contributed by atoms with van der Waals surface area (Å²) in [4.78, 5) is 17.5. The second-order valence-electron chi connectivity index (χ2n) is 6.69. The Bertz CT molecular complexity index is 1370. The van der Waals surface area contributed by atoms with Crippen molar-refractivity contribution in [3.05, 3.63) is 83.4 Å². The Morgan fingerprint density at radius 1 is 1.29 bits per heavy atom. The molecule has 0 spiro atoms. The van der Waals surface area contributed by atoms with Gasteiger partial charge in [0.2, 0.25) is 0 Å². The van der Waals surface area contributed by atoms with Gasteiger partial charge in [0.1, 0.15) is 10.8 Å². The molecule has 0 unspecified atom stereocenters. The number of allylic oxidation sites excluding steroid dienone is 1. The minimum Gasteiger partial charge on any atom is -0.478 e. The van der Waals surface area contributed by atoms with E-state index in [1.54, 1.807) is 30.2 Å². The van der Waals surface area contributed by atoms with Crippen LogP contribution in [-0.4, -0.2) is 30.8 Å². The number of ether oxygens (including phenoxy) is 1. The van der Waals surface area contributed by atoms with E-state index in [4.69, 9.17) is 16.3 Å². The first kappa shape index (κ1) is 20.3. The van der Waals surface area contributed by atoms with Crippen molar-refractivity contribution in [2.75, 3.05) is 17.7 Å². The maximum atomic E-state index is 13.2. The molecule has 0 aliphatic rings. The molecule has 4 aromatic rings. The van der Waals surface area contributed by atoms with E-state index in [-0.39, 0.29) is 10.8 Å². The first-order valence-corrected chi connectivity index (χ1v) is 9.61. The molecule has 0 bridgehead atoms. The van der Waals surface area contributed by atoms with E-state index in [0.29, 0.717) is 34.3 Å². The van der Waals surface area contributed by atoms with Gasteiger partial charge in [0.05, 0.1) is 30.9 Å². The molecule has 0 atom stereocenters. The van der Waals surface area contributed by atoms with Gasteiger partial charge in [-0.2, -0.15) is 0 Å². The number of aromatic nitrogens is 5. The van der Waals surface area contributed by atoms with Crippen molar-refractivity contribution >= 4 is 34.3 Å². The molecule has 3 aromatic heterocycles. The van der Waals surface area contributed by atoms with Crippen molar-refractivity contribution < 1.29 is 4.74 Å². The van der Waals surface area contributed by atoms with Crippen molar-refractivity contribution in [2.24, 2.45) is 7.05 Å². The first-order chi connectivity index (χ1) is 14.9. The third kappa shape index (κ3) is 3.78. The van der Waals surface area contributed by atoms with E-state index in [0.717, 1.165) is 5.69 Å². The third-order valence-electron chi connectivity index (χ3n) is 4.55. The Morgan fingerprint density at radius 2 is 2.10 bits per heavy atom. The van der Waals surface area contributed by atoms with Gasteiger partial charge in [-0.15, -0.1) is 5.10 Å². The molecule has 9 nitrogen and oxygen atoms in total. The summed E-state index contributed by atoms with van der Waals surface area (Å²) in [6.07, 6.45) is 6.47. The smallest absolute Gasteiger partial charge is 0.339 e. The highest BCUT2D eigenvalue weighted by atomic mass is 35.5. The molecule has 158 valence electrons. The summed E-state index contributed by atoms with van der Waals surface area (Å²) < 4.78 is 9.74. The van der Waals surface area contributed by atoms with E-state index in [2.05, 4.69) is 33.9 Å². The number of hydrogen-bond donors (Lipinski definition) is 2.